The van der Waals surface area contributed by atoms with Crippen molar-refractivity contribution in [2.75, 3.05) is 5.73 Å². The zero-order valence-electron chi connectivity index (χ0n) is 9.23. The highest BCUT2D eigenvalue weighted by Gasteiger charge is 2.07. The number of nitrogen functional groups attached to an aromatic ring is 1. The van der Waals surface area contributed by atoms with Crippen molar-refractivity contribution in [3.8, 4) is 0 Å². The molecule has 2 aromatic heterocycles. The summed E-state index contributed by atoms with van der Waals surface area (Å²) in [6, 6.07) is 0. The van der Waals surface area contributed by atoms with Gasteiger partial charge in [-0.3, -0.25) is 4.68 Å². The number of aryl methyl sites for hydroxylation is 3. The summed E-state index contributed by atoms with van der Waals surface area (Å²) in [5.74, 6) is 0.721. The molecule has 2 aromatic rings. The number of aromatic nitrogens is 4. The minimum Gasteiger partial charge on any atom is -0.384 e. The molecule has 0 saturated heterocycles. The molecule has 0 fully saturated rings. The number of nitrogens with zero attached hydrogens (tertiary/aromatic N) is 4. The van der Waals surface area contributed by atoms with Crippen molar-refractivity contribution in [2.45, 2.75) is 20.4 Å². The van der Waals surface area contributed by atoms with Gasteiger partial charge in [0.05, 0.1) is 18.4 Å². The van der Waals surface area contributed by atoms with E-state index >= 15 is 0 Å². The van der Waals surface area contributed by atoms with Crippen LogP contribution in [0.5, 0.6) is 0 Å². The van der Waals surface area contributed by atoms with Crippen LogP contribution in [0.3, 0.4) is 0 Å². The van der Waals surface area contributed by atoms with E-state index in [1.807, 2.05) is 27.1 Å². The summed E-state index contributed by atoms with van der Waals surface area (Å²) < 4.78 is 3.59. The van der Waals surface area contributed by atoms with Crippen molar-refractivity contribution in [2.24, 2.45) is 7.05 Å². The minimum atomic E-state index is 0.680. The van der Waals surface area contributed by atoms with E-state index < -0.39 is 0 Å². The van der Waals surface area contributed by atoms with E-state index in [2.05, 4.69) is 10.2 Å². The van der Waals surface area contributed by atoms with Crippen LogP contribution in [0.15, 0.2) is 12.4 Å². The Kier molecular flexibility index (Phi) is 2.22. The van der Waals surface area contributed by atoms with Crippen LogP contribution in [0.4, 0.5) is 5.82 Å². The molecular formula is C10H15N5. The van der Waals surface area contributed by atoms with Crippen LogP contribution in [0, 0.1) is 13.8 Å². The second-order valence-electron chi connectivity index (χ2n) is 3.78. The van der Waals surface area contributed by atoms with Crippen LogP contribution in [0.1, 0.15) is 16.8 Å². The second kappa shape index (κ2) is 3.42. The smallest absolute Gasteiger partial charge is 0.124 e. The zero-order chi connectivity index (χ0) is 11.0. The maximum absolute atomic E-state index is 5.88. The van der Waals surface area contributed by atoms with Gasteiger partial charge in [-0.05, 0) is 13.8 Å². The van der Waals surface area contributed by atoms with Gasteiger partial charge in [-0.15, -0.1) is 0 Å². The minimum absolute atomic E-state index is 0.680. The van der Waals surface area contributed by atoms with Crippen molar-refractivity contribution in [3.63, 3.8) is 0 Å². The van der Waals surface area contributed by atoms with E-state index in [4.69, 9.17) is 5.73 Å². The van der Waals surface area contributed by atoms with Gasteiger partial charge in [0, 0.05) is 24.4 Å². The first-order valence-corrected chi connectivity index (χ1v) is 4.85. The third-order valence-electron chi connectivity index (χ3n) is 2.51. The highest BCUT2D eigenvalue weighted by atomic mass is 15.3. The molecule has 5 heteroatoms. The lowest BCUT2D eigenvalue weighted by Crippen LogP contribution is -2.06. The molecule has 0 amide bonds. The lowest BCUT2D eigenvalue weighted by molar-refractivity contribution is 0.693. The summed E-state index contributed by atoms with van der Waals surface area (Å²) in [6.45, 7) is 4.62. The molecule has 15 heavy (non-hydrogen) atoms. The third-order valence-corrected chi connectivity index (χ3v) is 2.51. The van der Waals surface area contributed by atoms with Gasteiger partial charge in [-0.25, -0.2) is 4.68 Å². The Morgan fingerprint density at radius 1 is 1.40 bits per heavy atom. The van der Waals surface area contributed by atoms with E-state index in [-0.39, 0.29) is 0 Å². The predicted octanol–water partition coefficient (Wildman–Crippen LogP) is 0.864. The molecule has 2 N–H and O–H groups in total. The first-order valence-electron chi connectivity index (χ1n) is 4.85. The maximum atomic E-state index is 5.88. The maximum Gasteiger partial charge on any atom is 0.124 e. The van der Waals surface area contributed by atoms with Crippen molar-refractivity contribution < 1.29 is 0 Å². The quantitative estimate of drug-likeness (QED) is 0.791. The molecule has 0 spiro atoms. The summed E-state index contributed by atoms with van der Waals surface area (Å²) in [4.78, 5) is 0. The van der Waals surface area contributed by atoms with Gasteiger partial charge in [-0.1, -0.05) is 0 Å². The molecule has 0 aliphatic rings. The summed E-state index contributed by atoms with van der Waals surface area (Å²) >= 11 is 0. The largest absolute Gasteiger partial charge is 0.384 e. The van der Waals surface area contributed by atoms with E-state index in [1.165, 1.54) is 0 Å². The van der Waals surface area contributed by atoms with Crippen LogP contribution in [-0.4, -0.2) is 19.6 Å². The van der Waals surface area contributed by atoms with Gasteiger partial charge in [0.15, 0.2) is 0 Å². The van der Waals surface area contributed by atoms with Crippen molar-refractivity contribution in [3.05, 3.63) is 29.2 Å². The fourth-order valence-corrected chi connectivity index (χ4v) is 1.58. The molecule has 0 aliphatic carbocycles. The molecule has 0 bridgehead atoms. The summed E-state index contributed by atoms with van der Waals surface area (Å²) in [5.41, 5.74) is 9.06. The Hall–Kier alpha value is -1.78. The molecule has 0 saturated carbocycles. The average Bonchev–Trinajstić information content (AvgIpc) is 2.64. The summed E-state index contributed by atoms with van der Waals surface area (Å²) in [6.07, 6.45) is 3.77. The van der Waals surface area contributed by atoms with Gasteiger partial charge in [0.25, 0.3) is 0 Å². The Balaban J connectivity index is 2.29. The lowest BCUT2D eigenvalue weighted by atomic mass is 10.2. The van der Waals surface area contributed by atoms with Crippen LogP contribution in [-0.2, 0) is 13.6 Å². The second-order valence-corrected chi connectivity index (χ2v) is 3.78. The Morgan fingerprint density at radius 2 is 2.13 bits per heavy atom. The van der Waals surface area contributed by atoms with Crippen molar-refractivity contribution >= 4 is 5.82 Å². The van der Waals surface area contributed by atoms with Gasteiger partial charge in [0.1, 0.15) is 5.82 Å². The van der Waals surface area contributed by atoms with Crippen LogP contribution in [0.2, 0.25) is 0 Å². The number of hydrogen-bond acceptors (Lipinski definition) is 3. The number of nitrogens with two attached hydrogens (primary N) is 1. The molecule has 2 heterocycles. The monoisotopic (exact) mass is 205 g/mol. The van der Waals surface area contributed by atoms with Crippen LogP contribution < -0.4 is 5.73 Å². The summed E-state index contributed by atoms with van der Waals surface area (Å²) in [7, 11) is 1.91. The number of rotatable bonds is 2. The van der Waals surface area contributed by atoms with E-state index in [0.717, 1.165) is 22.6 Å². The molecule has 0 atom stereocenters. The van der Waals surface area contributed by atoms with E-state index in [0.29, 0.717) is 6.54 Å². The van der Waals surface area contributed by atoms with Gasteiger partial charge in [0.2, 0.25) is 0 Å². The lowest BCUT2D eigenvalue weighted by Gasteiger charge is -2.02. The highest BCUT2D eigenvalue weighted by Crippen LogP contribution is 2.13. The Bertz CT molecular complexity index is 480. The Morgan fingerprint density at radius 3 is 2.60 bits per heavy atom. The summed E-state index contributed by atoms with van der Waals surface area (Å²) in [5, 5.41) is 8.49. The standard InChI is InChI=1S/C10H15N5/c1-7-4-12-15(10(7)11)6-9-5-14(3)13-8(9)2/h4-5H,6,11H2,1-3H3. The molecule has 5 nitrogen and oxygen atoms in total. The fraction of sp³-hybridized carbons (Fsp3) is 0.400. The van der Waals surface area contributed by atoms with Crippen LogP contribution in [0.25, 0.3) is 0 Å². The van der Waals surface area contributed by atoms with Gasteiger partial charge < -0.3 is 5.73 Å². The molecular weight excluding hydrogens is 190 g/mol. The molecule has 2 rings (SSSR count). The normalized spacial score (nSPS) is 10.9. The molecule has 0 aromatic carbocycles. The van der Waals surface area contributed by atoms with Gasteiger partial charge >= 0.3 is 0 Å². The van der Waals surface area contributed by atoms with Gasteiger partial charge in [-0.2, -0.15) is 10.2 Å². The van der Waals surface area contributed by atoms with E-state index in [9.17, 15) is 0 Å². The number of anilines is 1. The molecule has 0 radical (unpaired) electrons. The predicted molar refractivity (Wildman–Crippen MR) is 58.4 cm³/mol. The molecule has 0 unspecified atom stereocenters. The average molecular weight is 205 g/mol. The molecule has 0 aliphatic heterocycles. The zero-order valence-corrected chi connectivity index (χ0v) is 9.23. The topological polar surface area (TPSA) is 61.7 Å². The Labute approximate surface area is 88.5 Å². The van der Waals surface area contributed by atoms with Crippen molar-refractivity contribution in [1.82, 2.24) is 19.6 Å². The van der Waals surface area contributed by atoms with E-state index in [1.54, 1.807) is 15.6 Å². The van der Waals surface area contributed by atoms with Crippen molar-refractivity contribution in [1.29, 1.82) is 0 Å². The SMILES string of the molecule is Cc1cnn(Cc2cn(C)nc2C)c1N. The molecule has 80 valence electrons. The fourth-order valence-electron chi connectivity index (χ4n) is 1.58. The highest BCUT2D eigenvalue weighted by molar-refractivity contribution is 5.38. The number of hydrogen-bond donors (Lipinski definition) is 1. The van der Waals surface area contributed by atoms with Crippen LogP contribution >= 0.6 is 0 Å². The first kappa shape index (κ1) is 9.76. The third kappa shape index (κ3) is 1.72. The first-order chi connectivity index (χ1) is 7.08.